The number of H-pyrrole nitrogens is 1. The average molecular weight is 398 g/mol. The van der Waals surface area contributed by atoms with E-state index < -0.39 is 0 Å². The molecular formula is C24H16BrN. The van der Waals surface area contributed by atoms with Crippen LogP contribution in [0.3, 0.4) is 0 Å². The van der Waals surface area contributed by atoms with Crippen molar-refractivity contribution in [1.29, 1.82) is 0 Å². The van der Waals surface area contributed by atoms with Crippen LogP contribution < -0.4 is 0 Å². The fraction of sp³-hybridized carbons (Fsp3) is 0. The highest BCUT2D eigenvalue weighted by Gasteiger charge is 2.10. The molecule has 0 bridgehead atoms. The zero-order valence-corrected chi connectivity index (χ0v) is 15.6. The second kappa shape index (κ2) is 6.15. The van der Waals surface area contributed by atoms with Crippen molar-refractivity contribution in [2.45, 2.75) is 0 Å². The van der Waals surface area contributed by atoms with Crippen LogP contribution >= 0.6 is 15.9 Å². The monoisotopic (exact) mass is 397 g/mol. The maximum Gasteiger partial charge on any atom is 0.0482 e. The zero-order chi connectivity index (χ0) is 17.5. The van der Waals surface area contributed by atoms with Crippen molar-refractivity contribution < 1.29 is 0 Å². The topological polar surface area (TPSA) is 15.8 Å². The van der Waals surface area contributed by atoms with Crippen LogP contribution in [0.5, 0.6) is 0 Å². The lowest BCUT2D eigenvalue weighted by molar-refractivity contribution is 1.53. The van der Waals surface area contributed by atoms with Crippen LogP contribution in [0.25, 0.3) is 44.1 Å². The summed E-state index contributed by atoms with van der Waals surface area (Å²) in [6.45, 7) is 0. The summed E-state index contributed by atoms with van der Waals surface area (Å²) in [5.41, 5.74) is 7.22. The number of aromatic amines is 1. The quantitative estimate of drug-likeness (QED) is 0.319. The molecule has 1 heterocycles. The van der Waals surface area contributed by atoms with E-state index in [0.717, 1.165) is 9.99 Å². The Kier molecular flexibility index (Phi) is 3.65. The van der Waals surface area contributed by atoms with Gasteiger partial charge < -0.3 is 4.98 Å². The van der Waals surface area contributed by atoms with Gasteiger partial charge in [0.2, 0.25) is 0 Å². The molecule has 0 saturated carbocycles. The normalized spacial score (nSPS) is 11.3. The van der Waals surface area contributed by atoms with Gasteiger partial charge in [0.25, 0.3) is 0 Å². The predicted molar refractivity (Wildman–Crippen MR) is 114 cm³/mol. The Bertz CT molecular complexity index is 1220. The lowest BCUT2D eigenvalue weighted by Crippen LogP contribution is -1.82. The third-order valence-corrected chi connectivity index (χ3v) is 5.51. The van der Waals surface area contributed by atoms with Crippen LogP contribution in [0.1, 0.15) is 0 Å². The van der Waals surface area contributed by atoms with Crippen LogP contribution in [0, 0.1) is 0 Å². The van der Waals surface area contributed by atoms with Crippen molar-refractivity contribution in [1.82, 2.24) is 4.98 Å². The van der Waals surface area contributed by atoms with Gasteiger partial charge in [-0.15, -0.1) is 0 Å². The van der Waals surface area contributed by atoms with Gasteiger partial charge in [0.1, 0.15) is 0 Å². The van der Waals surface area contributed by atoms with E-state index in [1.165, 1.54) is 38.5 Å². The van der Waals surface area contributed by atoms with Crippen molar-refractivity contribution in [2.24, 2.45) is 0 Å². The zero-order valence-electron chi connectivity index (χ0n) is 14.0. The molecule has 5 rings (SSSR count). The van der Waals surface area contributed by atoms with Gasteiger partial charge in [-0.05, 0) is 40.5 Å². The fourth-order valence-corrected chi connectivity index (χ4v) is 4.26. The van der Waals surface area contributed by atoms with Crippen molar-refractivity contribution >= 4 is 37.7 Å². The second-order valence-electron chi connectivity index (χ2n) is 6.49. The van der Waals surface area contributed by atoms with Crippen molar-refractivity contribution in [3.05, 3.63) is 95.5 Å². The Hall–Kier alpha value is -2.84. The smallest absolute Gasteiger partial charge is 0.0482 e. The number of hydrogen-bond donors (Lipinski definition) is 1. The van der Waals surface area contributed by atoms with E-state index in [9.17, 15) is 0 Å². The highest BCUT2D eigenvalue weighted by molar-refractivity contribution is 9.10. The Morgan fingerprint density at radius 1 is 0.538 bits per heavy atom. The van der Waals surface area contributed by atoms with Gasteiger partial charge in [-0.25, -0.2) is 0 Å². The summed E-state index contributed by atoms with van der Waals surface area (Å²) in [6, 6.07) is 32.1. The van der Waals surface area contributed by atoms with Gasteiger partial charge in [-0.3, -0.25) is 0 Å². The van der Waals surface area contributed by atoms with Gasteiger partial charge >= 0.3 is 0 Å². The summed E-state index contributed by atoms with van der Waals surface area (Å²) in [5, 5.41) is 2.49. The third-order valence-electron chi connectivity index (χ3n) is 4.88. The van der Waals surface area contributed by atoms with E-state index in [4.69, 9.17) is 0 Å². The summed E-state index contributed by atoms with van der Waals surface area (Å²) < 4.78 is 1.12. The van der Waals surface area contributed by atoms with Crippen molar-refractivity contribution in [3.63, 3.8) is 0 Å². The van der Waals surface area contributed by atoms with Crippen LogP contribution in [-0.2, 0) is 0 Å². The van der Waals surface area contributed by atoms with E-state index in [-0.39, 0.29) is 0 Å². The molecule has 0 atom stereocenters. The number of aromatic nitrogens is 1. The van der Waals surface area contributed by atoms with Gasteiger partial charge in [0, 0.05) is 26.3 Å². The molecule has 0 fully saturated rings. The first-order chi connectivity index (χ1) is 12.8. The van der Waals surface area contributed by atoms with E-state index in [1.54, 1.807) is 0 Å². The Labute approximate surface area is 160 Å². The molecule has 26 heavy (non-hydrogen) atoms. The Balaban J connectivity index is 1.62. The molecule has 1 nitrogen and oxygen atoms in total. The molecule has 0 aliphatic carbocycles. The molecule has 124 valence electrons. The maximum atomic E-state index is 3.78. The number of hydrogen-bond acceptors (Lipinski definition) is 0. The fourth-order valence-electron chi connectivity index (χ4n) is 3.59. The highest BCUT2D eigenvalue weighted by atomic mass is 79.9. The molecule has 0 spiro atoms. The summed E-state index contributed by atoms with van der Waals surface area (Å²) >= 11 is 3.78. The minimum atomic E-state index is 1.12. The van der Waals surface area contributed by atoms with E-state index in [1.807, 2.05) is 6.07 Å². The summed E-state index contributed by atoms with van der Waals surface area (Å²) in [7, 11) is 0. The summed E-state index contributed by atoms with van der Waals surface area (Å²) in [6.07, 6.45) is 0. The molecular weight excluding hydrogens is 382 g/mol. The van der Waals surface area contributed by atoms with Crippen molar-refractivity contribution in [3.8, 4) is 22.3 Å². The molecule has 0 aliphatic rings. The largest absolute Gasteiger partial charge is 0.354 e. The molecule has 5 aromatic rings. The molecule has 1 aromatic heterocycles. The standard InChI is InChI=1S/C24H16BrN/c25-21-14-19(15-23-24(21)20-8-4-5-9-22(20)26-23)18-12-10-17(11-13-18)16-6-2-1-3-7-16/h1-15,26H. The highest BCUT2D eigenvalue weighted by Crippen LogP contribution is 2.36. The Morgan fingerprint density at radius 2 is 1.15 bits per heavy atom. The first-order valence-corrected chi connectivity index (χ1v) is 9.45. The number of benzene rings is 4. The van der Waals surface area contributed by atoms with E-state index in [2.05, 4.69) is 106 Å². The molecule has 1 N–H and O–H groups in total. The number of nitrogens with one attached hydrogen (secondary N) is 1. The SMILES string of the molecule is Brc1cc(-c2ccc(-c3ccccc3)cc2)cc2[nH]c3ccccc3c12. The van der Waals surface area contributed by atoms with Gasteiger partial charge in [-0.2, -0.15) is 0 Å². The summed E-state index contributed by atoms with van der Waals surface area (Å²) in [5.74, 6) is 0. The third kappa shape index (κ3) is 2.54. The first-order valence-electron chi connectivity index (χ1n) is 8.65. The van der Waals surface area contributed by atoms with E-state index >= 15 is 0 Å². The predicted octanol–water partition coefficient (Wildman–Crippen LogP) is 7.42. The van der Waals surface area contributed by atoms with Crippen molar-refractivity contribution in [2.75, 3.05) is 0 Å². The number of rotatable bonds is 2. The first kappa shape index (κ1) is 15.4. The molecule has 0 radical (unpaired) electrons. The lowest BCUT2D eigenvalue weighted by atomic mass is 9.99. The number of fused-ring (bicyclic) bond motifs is 3. The number of para-hydroxylation sites is 1. The average Bonchev–Trinajstić information content (AvgIpc) is 3.08. The lowest BCUT2D eigenvalue weighted by Gasteiger charge is -2.07. The van der Waals surface area contributed by atoms with E-state index in [0.29, 0.717) is 0 Å². The van der Waals surface area contributed by atoms with Gasteiger partial charge in [0.15, 0.2) is 0 Å². The number of halogens is 1. The van der Waals surface area contributed by atoms with Gasteiger partial charge in [-0.1, -0.05) is 88.7 Å². The van der Waals surface area contributed by atoms with Crippen LogP contribution in [-0.4, -0.2) is 4.98 Å². The van der Waals surface area contributed by atoms with Crippen LogP contribution in [0.2, 0.25) is 0 Å². The minimum absolute atomic E-state index is 1.12. The van der Waals surface area contributed by atoms with Gasteiger partial charge in [0.05, 0.1) is 0 Å². The molecule has 0 saturated heterocycles. The van der Waals surface area contributed by atoms with Crippen LogP contribution in [0.15, 0.2) is 95.5 Å². The Morgan fingerprint density at radius 3 is 1.92 bits per heavy atom. The second-order valence-corrected chi connectivity index (χ2v) is 7.35. The maximum absolute atomic E-state index is 3.78. The molecule has 4 aromatic carbocycles. The summed E-state index contributed by atoms with van der Waals surface area (Å²) in [4.78, 5) is 3.54. The molecule has 0 aliphatic heterocycles. The molecule has 0 amide bonds. The molecule has 2 heteroatoms. The molecule has 0 unspecified atom stereocenters. The minimum Gasteiger partial charge on any atom is -0.354 e. The van der Waals surface area contributed by atoms with Crippen LogP contribution in [0.4, 0.5) is 0 Å².